The summed E-state index contributed by atoms with van der Waals surface area (Å²) in [6, 6.07) is 55.0. The van der Waals surface area contributed by atoms with Gasteiger partial charge in [0.25, 0.3) is 0 Å². The van der Waals surface area contributed by atoms with E-state index in [1.54, 1.807) is 0 Å². The molecule has 0 bridgehead atoms. The third-order valence-electron chi connectivity index (χ3n) is 13.3. The first-order valence-corrected chi connectivity index (χ1v) is 31.8. The molecule has 0 unspecified atom stereocenters. The first-order valence-electron chi connectivity index (χ1n) is 23.5. The topological polar surface area (TPSA) is 0 Å². The molecule has 0 heterocycles. The van der Waals surface area contributed by atoms with Gasteiger partial charge in [-0.15, -0.1) is 44.8 Å². The van der Waals surface area contributed by atoms with Gasteiger partial charge >= 0.3 is 37.9 Å². The Balaban J connectivity index is 0.000000171. The summed E-state index contributed by atoms with van der Waals surface area (Å²) < 4.78 is 0. The summed E-state index contributed by atoms with van der Waals surface area (Å²) in [4.78, 5) is 0. The van der Waals surface area contributed by atoms with Crippen molar-refractivity contribution in [3.8, 4) is 44.5 Å². The summed E-state index contributed by atoms with van der Waals surface area (Å²) in [5, 5.41) is 5.61. The fourth-order valence-electron chi connectivity index (χ4n) is 9.99. The number of aryl methyl sites for hydroxylation is 4. The fraction of sp³-hybridized carbons (Fsp3) is 0.300. The Bertz CT molecular complexity index is 2320. The molecule has 0 spiro atoms. The van der Waals surface area contributed by atoms with E-state index in [0.29, 0.717) is 0 Å². The number of halogens is 2. The van der Waals surface area contributed by atoms with E-state index in [-0.39, 0.29) is 0 Å². The molecule has 8 aromatic rings. The van der Waals surface area contributed by atoms with Gasteiger partial charge in [-0.2, -0.15) is 12.1 Å². The van der Waals surface area contributed by atoms with E-state index in [2.05, 4.69) is 186 Å². The summed E-state index contributed by atoms with van der Waals surface area (Å²) in [5.74, 6) is 1.75. The standard InChI is InChI=1S/2C29H29.C2H6Si.2ClH.Zr/c2*1-20-7-11-24(12-8-20)26-15-16-27(25-13-9-21(2)10-14-25)29-19-23(18-28(26)29)17-22-5-3-4-6-22;1-3-2;;;/h2*7-16,18-19,22H,3-6,17H2,1-2H3;1-2H3;2*1H;/q2*-1;;;;+4/p-2. The van der Waals surface area contributed by atoms with Crippen molar-refractivity contribution in [2.45, 2.75) is 105 Å². The molecule has 326 valence electrons. The molecule has 2 aliphatic carbocycles. The van der Waals surface area contributed by atoms with Gasteiger partial charge in [0.1, 0.15) is 0 Å². The van der Waals surface area contributed by atoms with E-state index in [0.717, 1.165) is 21.4 Å². The van der Waals surface area contributed by atoms with Gasteiger partial charge in [-0.1, -0.05) is 241 Å². The van der Waals surface area contributed by atoms with Crippen molar-refractivity contribution in [1.29, 1.82) is 0 Å². The Labute approximate surface area is 406 Å². The SMILES string of the molecule is C[Si]C.Cc1ccc(-c2ccc(-c3ccc(C)cc3)c3[cH-]c(CC4CCCC4)cc23)cc1.Cc1ccc(-c2ccc(-c3ccc(C)cc3)c3[cH-]c(CC4CCCC4)cc23)cc1.[Cl][Zr+2][Cl]. The molecule has 2 fully saturated rings. The van der Waals surface area contributed by atoms with E-state index in [4.69, 9.17) is 17.0 Å². The van der Waals surface area contributed by atoms with Crippen LogP contribution in [0.25, 0.3) is 66.1 Å². The number of fused-ring (bicyclic) bond motifs is 2. The maximum atomic E-state index is 4.93. The van der Waals surface area contributed by atoms with Crippen molar-refractivity contribution in [3.63, 3.8) is 0 Å². The minimum absolute atomic E-state index is 0.826. The van der Waals surface area contributed by atoms with Gasteiger partial charge in [-0.25, -0.2) is 0 Å². The van der Waals surface area contributed by atoms with Crippen LogP contribution in [0, 0.1) is 39.5 Å². The zero-order valence-electron chi connectivity index (χ0n) is 38.8. The van der Waals surface area contributed by atoms with Gasteiger partial charge in [-0.05, 0) is 63.5 Å². The monoisotopic (exact) mass is 972 g/mol. The van der Waals surface area contributed by atoms with Crippen LogP contribution < -0.4 is 0 Å². The van der Waals surface area contributed by atoms with Crippen molar-refractivity contribution in [1.82, 2.24) is 0 Å². The molecule has 0 amide bonds. The van der Waals surface area contributed by atoms with Crippen molar-refractivity contribution in [2.24, 2.45) is 11.8 Å². The molecular weight excluding hydrogens is 911 g/mol. The number of hydrogen-bond donors (Lipinski definition) is 0. The van der Waals surface area contributed by atoms with E-state index in [1.165, 1.54) is 164 Å². The maximum absolute atomic E-state index is 4.93. The van der Waals surface area contributed by atoms with Crippen LogP contribution in [0.5, 0.6) is 0 Å². The van der Waals surface area contributed by atoms with Crippen LogP contribution >= 0.6 is 17.0 Å². The van der Waals surface area contributed by atoms with Gasteiger partial charge in [-0.3, -0.25) is 0 Å². The van der Waals surface area contributed by atoms with Crippen molar-refractivity contribution >= 4 is 48.1 Å². The van der Waals surface area contributed by atoms with E-state index in [1.807, 2.05) is 0 Å². The second-order valence-corrected chi connectivity index (χ2v) is 23.2. The van der Waals surface area contributed by atoms with Crippen LogP contribution in [0.4, 0.5) is 0 Å². The molecule has 2 aliphatic rings. The zero-order chi connectivity index (χ0) is 45.0. The quantitative estimate of drug-likeness (QED) is 0.105. The molecule has 0 aliphatic heterocycles. The first kappa shape index (κ1) is 48.2. The van der Waals surface area contributed by atoms with Gasteiger partial charge in [0.05, 0.1) is 0 Å². The molecule has 0 aromatic heterocycles. The second-order valence-electron chi connectivity index (χ2n) is 18.4. The van der Waals surface area contributed by atoms with Crippen LogP contribution in [0.1, 0.15) is 84.7 Å². The molecule has 0 atom stereocenters. The zero-order valence-corrected chi connectivity index (χ0v) is 43.8. The Morgan fingerprint density at radius 3 is 0.969 bits per heavy atom. The molecule has 2 saturated carbocycles. The third-order valence-corrected chi connectivity index (χ3v) is 13.3. The minimum atomic E-state index is -0.826. The fourth-order valence-corrected chi connectivity index (χ4v) is 9.99. The molecule has 0 saturated heterocycles. The normalized spacial score (nSPS) is 13.8. The molecule has 0 N–H and O–H groups in total. The van der Waals surface area contributed by atoms with Gasteiger partial charge in [0.2, 0.25) is 0 Å². The second kappa shape index (κ2) is 23.6. The molecule has 4 heteroatoms. The average molecular weight is 975 g/mol. The summed E-state index contributed by atoms with van der Waals surface area (Å²) in [7, 11) is 11.0. The van der Waals surface area contributed by atoms with Gasteiger partial charge < -0.3 is 0 Å². The van der Waals surface area contributed by atoms with Crippen molar-refractivity contribution < 1.29 is 20.8 Å². The average Bonchev–Trinajstić information content (AvgIpc) is 4.15. The van der Waals surface area contributed by atoms with Crippen LogP contribution in [-0.4, -0.2) is 9.52 Å². The van der Waals surface area contributed by atoms with Crippen LogP contribution in [0.3, 0.4) is 0 Å². The Morgan fingerprint density at radius 1 is 0.438 bits per heavy atom. The number of benzene rings is 6. The van der Waals surface area contributed by atoms with E-state index in [9.17, 15) is 0 Å². The number of rotatable bonds is 8. The summed E-state index contributed by atoms with van der Waals surface area (Å²) in [5.41, 5.74) is 18.9. The van der Waals surface area contributed by atoms with Crippen LogP contribution in [-0.2, 0) is 33.7 Å². The predicted molar refractivity (Wildman–Crippen MR) is 280 cm³/mol. The van der Waals surface area contributed by atoms with Crippen molar-refractivity contribution in [2.75, 3.05) is 0 Å². The summed E-state index contributed by atoms with van der Waals surface area (Å²) in [6.07, 6.45) is 13.7. The third kappa shape index (κ3) is 12.4. The first-order chi connectivity index (χ1) is 31.2. The van der Waals surface area contributed by atoms with Gasteiger partial charge in [0, 0.05) is 9.52 Å². The molecule has 8 aromatic carbocycles. The molecule has 2 radical (unpaired) electrons. The van der Waals surface area contributed by atoms with Crippen LogP contribution in [0.2, 0.25) is 13.1 Å². The van der Waals surface area contributed by atoms with Gasteiger partial charge in [0.15, 0.2) is 0 Å². The van der Waals surface area contributed by atoms with E-state index >= 15 is 0 Å². The molecule has 0 nitrogen and oxygen atoms in total. The summed E-state index contributed by atoms with van der Waals surface area (Å²) in [6.45, 7) is 12.9. The number of hydrogen-bond acceptors (Lipinski definition) is 0. The molecule has 10 rings (SSSR count). The Morgan fingerprint density at radius 2 is 0.688 bits per heavy atom. The van der Waals surface area contributed by atoms with Crippen LogP contribution in [0.15, 0.2) is 146 Å². The predicted octanol–water partition coefficient (Wildman–Crippen LogP) is 18.6. The summed E-state index contributed by atoms with van der Waals surface area (Å²) >= 11 is -0.826. The van der Waals surface area contributed by atoms with Crippen molar-refractivity contribution in [3.05, 3.63) is 179 Å². The molecular formula is C60H64Cl2SiZr. The molecule has 64 heavy (non-hydrogen) atoms. The Kier molecular flexibility index (Phi) is 17.8. The Hall–Kier alpha value is -3.78. The van der Waals surface area contributed by atoms with E-state index < -0.39 is 20.8 Å².